The molecule has 2 aromatic carbocycles. The number of nitrogens with one attached hydrogen (secondary N) is 2. The third-order valence-corrected chi connectivity index (χ3v) is 4.69. The van der Waals surface area contributed by atoms with Crippen LogP contribution in [0, 0.1) is 11.8 Å². The fourth-order valence-corrected chi connectivity index (χ4v) is 3.31. The molecular formula is C19H18Cl2N2O2. The topological polar surface area (TPSA) is 58.2 Å². The molecule has 3 rings (SSSR count). The van der Waals surface area contributed by atoms with Gasteiger partial charge >= 0.3 is 0 Å². The first-order valence-corrected chi connectivity index (χ1v) is 8.82. The zero-order chi connectivity index (χ0) is 18.0. The lowest BCUT2D eigenvalue weighted by molar-refractivity contribution is -0.125. The van der Waals surface area contributed by atoms with Gasteiger partial charge in [-0.3, -0.25) is 9.59 Å². The first-order valence-electron chi connectivity index (χ1n) is 8.06. The second-order valence-corrected chi connectivity index (χ2v) is 7.11. The SMILES string of the molecule is CC(NC(=O)C1CC1C(=O)Nc1cc(Cl)cc(Cl)c1)c1ccccc1. The van der Waals surface area contributed by atoms with Gasteiger partial charge in [0.25, 0.3) is 0 Å². The molecule has 1 aliphatic carbocycles. The lowest BCUT2D eigenvalue weighted by Gasteiger charge is -2.14. The average Bonchev–Trinajstić information content (AvgIpc) is 3.35. The van der Waals surface area contributed by atoms with Gasteiger partial charge in [-0.15, -0.1) is 0 Å². The van der Waals surface area contributed by atoms with Crippen molar-refractivity contribution in [3.8, 4) is 0 Å². The number of hydrogen-bond acceptors (Lipinski definition) is 2. The number of benzene rings is 2. The normalized spacial score (nSPS) is 19.8. The molecule has 4 nitrogen and oxygen atoms in total. The van der Waals surface area contributed by atoms with Crippen LogP contribution < -0.4 is 10.6 Å². The Hall–Kier alpha value is -2.04. The Morgan fingerprint density at radius 3 is 2.24 bits per heavy atom. The highest BCUT2D eigenvalue weighted by molar-refractivity contribution is 6.35. The summed E-state index contributed by atoms with van der Waals surface area (Å²) in [5.41, 5.74) is 1.57. The summed E-state index contributed by atoms with van der Waals surface area (Å²) in [5.74, 6) is -0.895. The van der Waals surface area contributed by atoms with Gasteiger partial charge in [0.15, 0.2) is 0 Å². The summed E-state index contributed by atoms with van der Waals surface area (Å²) in [6, 6.07) is 14.5. The minimum atomic E-state index is -0.319. The zero-order valence-electron chi connectivity index (χ0n) is 13.6. The van der Waals surface area contributed by atoms with Crippen LogP contribution in [-0.2, 0) is 9.59 Å². The number of halogens is 2. The average molecular weight is 377 g/mol. The van der Waals surface area contributed by atoms with Crippen molar-refractivity contribution in [2.45, 2.75) is 19.4 Å². The van der Waals surface area contributed by atoms with E-state index in [9.17, 15) is 9.59 Å². The minimum absolute atomic E-state index is 0.0928. The first kappa shape index (κ1) is 17.8. The molecule has 2 amide bonds. The zero-order valence-corrected chi connectivity index (χ0v) is 15.1. The number of hydrogen-bond donors (Lipinski definition) is 2. The van der Waals surface area contributed by atoms with Crippen molar-refractivity contribution in [1.82, 2.24) is 5.32 Å². The molecular weight excluding hydrogens is 359 g/mol. The number of carbonyl (C=O) groups is 2. The largest absolute Gasteiger partial charge is 0.349 e. The predicted molar refractivity (Wildman–Crippen MR) is 99.7 cm³/mol. The van der Waals surface area contributed by atoms with Gasteiger partial charge in [0.1, 0.15) is 0 Å². The second kappa shape index (κ2) is 7.46. The molecule has 0 aliphatic heterocycles. The van der Waals surface area contributed by atoms with Crippen LogP contribution in [0.2, 0.25) is 10.0 Å². The molecule has 6 heteroatoms. The van der Waals surface area contributed by atoms with Crippen molar-refractivity contribution in [1.29, 1.82) is 0 Å². The van der Waals surface area contributed by atoms with Gasteiger partial charge in [0, 0.05) is 15.7 Å². The summed E-state index contributed by atoms with van der Waals surface area (Å²) in [5, 5.41) is 6.63. The van der Waals surface area contributed by atoms with Crippen LogP contribution in [0.25, 0.3) is 0 Å². The van der Waals surface area contributed by atoms with Crippen LogP contribution in [0.3, 0.4) is 0 Å². The van der Waals surface area contributed by atoms with Gasteiger partial charge in [0.05, 0.1) is 17.9 Å². The van der Waals surface area contributed by atoms with Crippen LogP contribution >= 0.6 is 23.2 Å². The van der Waals surface area contributed by atoms with E-state index in [2.05, 4.69) is 10.6 Å². The highest BCUT2D eigenvalue weighted by Gasteiger charge is 2.48. The summed E-state index contributed by atoms with van der Waals surface area (Å²) >= 11 is 11.8. The molecule has 0 bridgehead atoms. The summed E-state index contributed by atoms with van der Waals surface area (Å²) in [6.07, 6.45) is 0.549. The van der Waals surface area contributed by atoms with Crippen molar-refractivity contribution in [2.24, 2.45) is 11.8 Å². The van der Waals surface area contributed by atoms with Crippen LogP contribution in [0.5, 0.6) is 0 Å². The molecule has 0 heterocycles. The quantitative estimate of drug-likeness (QED) is 0.809. The Balaban J connectivity index is 1.54. The van der Waals surface area contributed by atoms with E-state index >= 15 is 0 Å². The van der Waals surface area contributed by atoms with E-state index in [-0.39, 0.29) is 29.7 Å². The Kier molecular flexibility index (Phi) is 5.30. The molecule has 25 heavy (non-hydrogen) atoms. The fourth-order valence-electron chi connectivity index (χ4n) is 2.78. The van der Waals surface area contributed by atoms with E-state index in [0.717, 1.165) is 5.56 Å². The van der Waals surface area contributed by atoms with Crippen molar-refractivity contribution >= 4 is 40.7 Å². The maximum absolute atomic E-state index is 12.3. The van der Waals surface area contributed by atoms with E-state index in [0.29, 0.717) is 22.2 Å². The smallest absolute Gasteiger partial charge is 0.228 e. The Morgan fingerprint density at radius 1 is 1.00 bits per heavy atom. The molecule has 0 radical (unpaired) electrons. The number of rotatable bonds is 5. The summed E-state index contributed by atoms with van der Waals surface area (Å²) < 4.78 is 0. The molecule has 2 N–H and O–H groups in total. The Bertz CT molecular complexity index is 775. The minimum Gasteiger partial charge on any atom is -0.349 e. The number of amides is 2. The van der Waals surface area contributed by atoms with Crippen LogP contribution in [0.1, 0.15) is 24.9 Å². The van der Waals surface area contributed by atoms with Gasteiger partial charge in [-0.25, -0.2) is 0 Å². The van der Waals surface area contributed by atoms with E-state index in [4.69, 9.17) is 23.2 Å². The van der Waals surface area contributed by atoms with Gasteiger partial charge < -0.3 is 10.6 Å². The van der Waals surface area contributed by atoms with Crippen molar-refractivity contribution in [2.75, 3.05) is 5.32 Å². The fraction of sp³-hybridized carbons (Fsp3) is 0.263. The van der Waals surface area contributed by atoms with E-state index in [1.54, 1.807) is 18.2 Å². The molecule has 1 aliphatic rings. The third kappa shape index (κ3) is 4.53. The van der Waals surface area contributed by atoms with Gasteiger partial charge in [-0.1, -0.05) is 53.5 Å². The number of anilines is 1. The highest BCUT2D eigenvalue weighted by atomic mass is 35.5. The molecule has 0 aromatic heterocycles. The molecule has 0 spiro atoms. The molecule has 130 valence electrons. The van der Waals surface area contributed by atoms with Crippen molar-refractivity contribution in [3.63, 3.8) is 0 Å². The van der Waals surface area contributed by atoms with Gasteiger partial charge in [0.2, 0.25) is 11.8 Å². The lowest BCUT2D eigenvalue weighted by Crippen LogP contribution is -2.29. The van der Waals surface area contributed by atoms with E-state index < -0.39 is 0 Å². The van der Waals surface area contributed by atoms with Crippen LogP contribution in [0.15, 0.2) is 48.5 Å². The van der Waals surface area contributed by atoms with Crippen molar-refractivity contribution < 1.29 is 9.59 Å². The van der Waals surface area contributed by atoms with E-state index in [1.165, 1.54) is 0 Å². The molecule has 0 saturated heterocycles. The van der Waals surface area contributed by atoms with Crippen molar-refractivity contribution in [3.05, 3.63) is 64.1 Å². The van der Waals surface area contributed by atoms with Crippen LogP contribution in [0.4, 0.5) is 5.69 Å². The first-order chi connectivity index (χ1) is 11.9. The molecule has 3 unspecified atom stereocenters. The predicted octanol–water partition coefficient (Wildman–Crippen LogP) is 4.45. The standard InChI is InChI=1S/C19H18Cl2N2O2/c1-11(12-5-3-2-4-6-12)22-18(24)16-10-17(16)19(25)23-15-8-13(20)7-14(21)9-15/h2-9,11,16-17H,10H2,1H3,(H,22,24)(H,23,25). The Morgan fingerprint density at radius 2 is 1.60 bits per heavy atom. The summed E-state index contributed by atoms with van der Waals surface area (Å²) in [7, 11) is 0. The maximum atomic E-state index is 12.3. The maximum Gasteiger partial charge on any atom is 0.228 e. The number of carbonyl (C=O) groups excluding carboxylic acids is 2. The van der Waals surface area contributed by atoms with Crippen LogP contribution in [-0.4, -0.2) is 11.8 Å². The van der Waals surface area contributed by atoms with E-state index in [1.807, 2.05) is 37.3 Å². The molecule has 2 aromatic rings. The monoisotopic (exact) mass is 376 g/mol. The third-order valence-electron chi connectivity index (χ3n) is 4.25. The Labute approximate surface area is 156 Å². The van der Waals surface area contributed by atoms with Gasteiger partial charge in [-0.2, -0.15) is 0 Å². The lowest BCUT2D eigenvalue weighted by atomic mass is 10.1. The molecule has 1 fully saturated rings. The molecule has 1 saturated carbocycles. The second-order valence-electron chi connectivity index (χ2n) is 6.24. The highest BCUT2D eigenvalue weighted by Crippen LogP contribution is 2.40. The summed E-state index contributed by atoms with van der Waals surface area (Å²) in [6.45, 7) is 1.93. The summed E-state index contributed by atoms with van der Waals surface area (Å²) in [4.78, 5) is 24.6. The van der Waals surface area contributed by atoms with Gasteiger partial charge in [-0.05, 0) is 37.1 Å². The molecule has 3 atom stereocenters.